The number of aromatic hydroxyl groups is 1. The molecular weight excluding hydrogens is 792 g/mol. The summed E-state index contributed by atoms with van der Waals surface area (Å²) in [5, 5.41) is 43.4. The van der Waals surface area contributed by atoms with Crippen molar-refractivity contribution >= 4 is 69.0 Å². The van der Waals surface area contributed by atoms with E-state index >= 15 is 0 Å². The van der Waals surface area contributed by atoms with Gasteiger partial charge in [0.25, 0.3) is 11.5 Å². The third-order valence-corrected chi connectivity index (χ3v) is 11.6. The van der Waals surface area contributed by atoms with E-state index in [0.717, 1.165) is 22.9 Å². The van der Waals surface area contributed by atoms with E-state index in [1.165, 1.54) is 65.0 Å². The zero-order valence-electron chi connectivity index (χ0n) is 28.8. The number of aromatic amines is 1. The number of carboxylic acids is 1. The zero-order chi connectivity index (χ0) is 38.9. The molecule has 4 amide bonds. The van der Waals surface area contributed by atoms with Gasteiger partial charge in [-0.25, -0.2) is 28.0 Å². The van der Waals surface area contributed by atoms with Crippen molar-refractivity contribution in [2.75, 3.05) is 21.7 Å². The second kappa shape index (κ2) is 16.8. The maximum Gasteiger partial charge on any atom is 1.00 e. The number of carboxylic acid groups (broad SMARTS) is 1. The van der Waals surface area contributed by atoms with E-state index in [0.29, 0.717) is 21.2 Å². The number of aromatic nitrogens is 6. The van der Waals surface area contributed by atoms with Crippen LogP contribution in [0.5, 0.6) is 5.75 Å². The summed E-state index contributed by atoms with van der Waals surface area (Å²) in [6.07, 6.45) is 0.998. The molecule has 282 valence electrons. The monoisotopic (exact) mass is 820 g/mol. The van der Waals surface area contributed by atoms with Crippen molar-refractivity contribution in [1.82, 2.24) is 40.4 Å². The summed E-state index contributed by atoms with van der Waals surface area (Å²) in [4.78, 5) is 74.4. The second-order valence-corrected chi connectivity index (χ2v) is 15.3. The standard InChI is InChI=1S/C30H30N12O9S3.Na/c1-40-30(37-38-39-40)53-13-16-12-52-26-20(25(46)42(26)22(16)27(47)48)35-24(45)21(15-4-6-17(43)7-5-15)41(28(31)49)19-11-34-29(36-23(19)44)33-10-14-2-8-18(9-3-14)54(32,50)51;/h2-9,11,20-21,26,43H,10,12-13H2,1H3,(H2,31,49)(H,35,45)(H,47,48)(H2,32,50,51)(H2,33,34,36,44);/q;+1/p-1/t20?,21?,26-;/m0./s1. The molecule has 4 heterocycles. The summed E-state index contributed by atoms with van der Waals surface area (Å²) in [5.74, 6) is -3.22. The number of phenolic OH excluding ortho intramolecular Hbond substituents is 1. The fraction of sp³-hybridized carbons (Fsp3) is 0.233. The van der Waals surface area contributed by atoms with E-state index < -0.39 is 62.5 Å². The number of rotatable bonds is 13. The molecule has 1 saturated heterocycles. The van der Waals surface area contributed by atoms with Crippen LogP contribution >= 0.6 is 23.5 Å². The Bertz CT molecular complexity index is 2340. The van der Waals surface area contributed by atoms with Crippen molar-refractivity contribution in [2.24, 2.45) is 17.9 Å². The summed E-state index contributed by atoms with van der Waals surface area (Å²) < 4.78 is 24.5. The summed E-state index contributed by atoms with van der Waals surface area (Å²) in [6, 6.07) is 6.54. The number of primary sulfonamides is 1. The van der Waals surface area contributed by atoms with Gasteiger partial charge in [-0.2, -0.15) is 0 Å². The predicted octanol–water partition coefficient (Wildman–Crippen LogP) is -4.91. The first-order valence-corrected chi connectivity index (χ1v) is 19.1. The van der Waals surface area contributed by atoms with Crippen LogP contribution in [0.4, 0.5) is 16.4 Å². The number of aryl methyl sites for hydroxylation is 1. The third-order valence-electron chi connectivity index (χ3n) is 8.20. The van der Waals surface area contributed by atoms with Gasteiger partial charge in [-0.15, -0.1) is 16.9 Å². The van der Waals surface area contributed by atoms with Gasteiger partial charge in [0.2, 0.25) is 27.0 Å². The molecule has 2 aliphatic rings. The number of benzene rings is 2. The number of carbonyl (C=O) groups is 4. The summed E-state index contributed by atoms with van der Waals surface area (Å²) >= 11 is 2.36. The van der Waals surface area contributed by atoms with Crippen molar-refractivity contribution in [3.05, 3.63) is 87.5 Å². The SMILES string of the molecule is Cn1nnnc1SCC1=C(C(=O)[O-])N2C(=O)C(NC(=O)C(c3ccc(O)cc3)N(C(N)=O)c3cnc(NCc4ccc(S(N)(=O)=O)cc4)[nH]c3=O)[C@@H]2SC1.[Na+]. The van der Waals surface area contributed by atoms with Crippen molar-refractivity contribution in [3.63, 3.8) is 0 Å². The fourth-order valence-electron chi connectivity index (χ4n) is 5.60. The molecule has 4 aromatic rings. The van der Waals surface area contributed by atoms with E-state index in [4.69, 9.17) is 10.9 Å². The van der Waals surface area contributed by atoms with E-state index in [1.807, 2.05) is 0 Å². The first-order valence-electron chi connectivity index (χ1n) is 15.5. The van der Waals surface area contributed by atoms with Crippen LogP contribution in [0.1, 0.15) is 17.2 Å². The molecule has 8 N–H and O–H groups in total. The number of hydrogen-bond donors (Lipinski definition) is 6. The molecule has 2 unspecified atom stereocenters. The van der Waals surface area contributed by atoms with Crippen LogP contribution in [0.2, 0.25) is 0 Å². The molecule has 21 nitrogen and oxygen atoms in total. The average molecular weight is 821 g/mol. The molecule has 2 aliphatic heterocycles. The molecule has 55 heavy (non-hydrogen) atoms. The van der Waals surface area contributed by atoms with Crippen LogP contribution in [0.25, 0.3) is 0 Å². The quantitative estimate of drug-likeness (QED) is 0.0418. The zero-order valence-corrected chi connectivity index (χ0v) is 33.2. The molecule has 1 fully saturated rings. The van der Waals surface area contributed by atoms with Crippen molar-refractivity contribution in [3.8, 4) is 5.75 Å². The Balaban J connectivity index is 0.00000580. The topological polar surface area (TPSA) is 318 Å². The van der Waals surface area contributed by atoms with Crippen LogP contribution in [0.15, 0.2) is 80.8 Å². The number of phenols is 1. The minimum Gasteiger partial charge on any atom is -0.543 e. The van der Waals surface area contributed by atoms with Crippen LogP contribution in [0.3, 0.4) is 0 Å². The minimum absolute atomic E-state index is 0. The number of tetrazole rings is 1. The molecule has 0 saturated carbocycles. The number of thioether (sulfide) groups is 2. The average Bonchev–Trinajstić information content (AvgIpc) is 3.55. The van der Waals surface area contributed by atoms with Gasteiger partial charge in [-0.05, 0) is 51.4 Å². The Labute approximate surface area is 341 Å². The number of primary amides is 1. The number of fused-ring (bicyclic) bond motifs is 1. The Morgan fingerprint density at radius 3 is 2.44 bits per heavy atom. The number of nitrogens with one attached hydrogen (secondary N) is 3. The Morgan fingerprint density at radius 2 is 1.85 bits per heavy atom. The van der Waals surface area contributed by atoms with Gasteiger partial charge < -0.3 is 31.4 Å². The number of nitrogens with two attached hydrogens (primary N) is 2. The van der Waals surface area contributed by atoms with Crippen LogP contribution in [-0.4, -0.2) is 95.3 Å². The van der Waals surface area contributed by atoms with Gasteiger partial charge in [-0.3, -0.25) is 29.2 Å². The molecule has 2 aromatic heterocycles. The normalized spacial score (nSPS) is 17.0. The number of amides is 4. The maximum atomic E-state index is 14.1. The Morgan fingerprint density at radius 1 is 1.16 bits per heavy atom. The summed E-state index contributed by atoms with van der Waals surface area (Å²) in [6.45, 7) is 0.0884. The number of urea groups is 1. The largest absolute Gasteiger partial charge is 1.00 e. The number of β-lactam (4-membered cyclic amide) rings is 1. The van der Waals surface area contributed by atoms with Gasteiger partial charge in [-0.1, -0.05) is 36.0 Å². The maximum absolute atomic E-state index is 14.1. The van der Waals surface area contributed by atoms with Crippen LogP contribution in [-0.2, 0) is 38.0 Å². The van der Waals surface area contributed by atoms with Gasteiger partial charge in [0, 0.05) is 25.1 Å². The molecular formula is C30H29N12NaO9S3. The van der Waals surface area contributed by atoms with E-state index in [1.54, 1.807) is 7.05 Å². The van der Waals surface area contributed by atoms with Gasteiger partial charge in [0.15, 0.2) is 0 Å². The molecule has 0 bridgehead atoms. The van der Waals surface area contributed by atoms with Crippen molar-refractivity contribution in [1.29, 1.82) is 0 Å². The third kappa shape index (κ3) is 8.79. The van der Waals surface area contributed by atoms with Gasteiger partial charge in [0.1, 0.15) is 28.9 Å². The fourth-order valence-corrected chi connectivity index (χ4v) is 8.45. The number of aliphatic carboxylic acids is 1. The van der Waals surface area contributed by atoms with Crippen LogP contribution < -0.4 is 66.6 Å². The van der Waals surface area contributed by atoms with Crippen molar-refractivity contribution < 1.29 is 67.4 Å². The second-order valence-electron chi connectivity index (χ2n) is 11.7. The number of H-pyrrole nitrogens is 1. The smallest absolute Gasteiger partial charge is 0.543 e. The summed E-state index contributed by atoms with van der Waals surface area (Å²) in [5.41, 5.74) is 5.14. The first-order chi connectivity index (χ1) is 25.6. The van der Waals surface area contributed by atoms with E-state index in [2.05, 4.69) is 36.1 Å². The van der Waals surface area contributed by atoms with Crippen LogP contribution in [0, 0.1) is 0 Å². The molecule has 2 aromatic carbocycles. The van der Waals surface area contributed by atoms with Gasteiger partial charge >= 0.3 is 35.6 Å². The molecule has 3 atom stereocenters. The predicted molar refractivity (Wildman–Crippen MR) is 189 cm³/mol. The minimum atomic E-state index is -3.89. The number of anilines is 2. The Kier molecular flexibility index (Phi) is 12.6. The van der Waals surface area contributed by atoms with E-state index in [9.17, 15) is 42.6 Å². The number of carbonyl (C=O) groups excluding carboxylic acids is 4. The molecule has 0 aliphatic carbocycles. The summed E-state index contributed by atoms with van der Waals surface area (Å²) in [7, 11) is -2.28. The van der Waals surface area contributed by atoms with E-state index in [-0.39, 0.29) is 75.5 Å². The number of nitrogens with zero attached hydrogens (tertiary/aromatic N) is 7. The molecule has 0 radical (unpaired) electrons. The Hall–Kier alpha value is -4.98. The number of hydrogen-bond acceptors (Lipinski definition) is 16. The molecule has 25 heteroatoms. The van der Waals surface area contributed by atoms with Gasteiger partial charge in [0.05, 0.1) is 22.8 Å². The molecule has 6 rings (SSSR count). The first kappa shape index (κ1) is 41.2. The van der Waals surface area contributed by atoms with Crippen molar-refractivity contribution in [2.45, 2.75) is 34.1 Å². The number of sulfonamides is 1. The molecule has 0 spiro atoms.